The maximum absolute atomic E-state index is 13.5. The molecule has 1 fully saturated rings. The summed E-state index contributed by atoms with van der Waals surface area (Å²) in [4.78, 5) is 17.1. The number of hydrogen-bond acceptors (Lipinski definition) is 3. The highest BCUT2D eigenvalue weighted by molar-refractivity contribution is 6.01. The van der Waals surface area contributed by atoms with E-state index >= 15 is 0 Å². The second kappa shape index (κ2) is 6.65. The molecule has 1 heterocycles. The lowest BCUT2D eigenvalue weighted by Gasteiger charge is -2.16. The molecule has 1 aromatic heterocycles. The number of benzene rings is 2. The van der Waals surface area contributed by atoms with E-state index in [1.54, 1.807) is 12.3 Å². The average molecular weight is 364 g/mol. The lowest BCUT2D eigenvalue weighted by molar-refractivity contribution is -0.118. The van der Waals surface area contributed by atoms with Crippen molar-refractivity contribution in [3.63, 3.8) is 0 Å². The van der Waals surface area contributed by atoms with Crippen LogP contribution in [0.1, 0.15) is 43.9 Å². The first kappa shape index (κ1) is 17.5. The number of anilines is 1. The van der Waals surface area contributed by atoms with E-state index < -0.39 is 5.41 Å². The summed E-state index contributed by atoms with van der Waals surface area (Å²) in [5.41, 5.74) is 1.67. The van der Waals surface area contributed by atoms with Gasteiger partial charge in [-0.1, -0.05) is 26.0 Å². The molecule has 0 saturated heterocycles. The number of amides is 1. The van der Waals surface area contributed by atoms with E-state index in [4.69, 9.17) is 4.42 Å². The van der Waals surface area contributed by atoms with Gasteiger partial charge < -0.3 is 9.73 Å². The fourth-order valence-electron chi connectivity index (χ4n) is 3.19. The number of carbonyl (C=O) groups excluding carboxylic acids is 1. The van der Waals surface area contributed by atoms with Crippen LogP contribution >= 0.6 is 0 Å². The van der Waals surface area contributed by atoms with Crippen LogP contribution in [0.3, 0.4) is 0 Å². The molecule has 27 heavy (non-hydrogen) atoms. The number of carbonyl (C=O) groups is 1. The summed E-state index contributed by atoms with van der Waals surface area (Å²) in [7, 11) is 0. The molecule has 3 aromatic rings. The lowest BCUT2D eigenvalue weighted by Crippen LogP contribution is -2.27. The van der Waals surface area contributed by atoms with E-state index in [9.17, 15) is 9.18 Å². The van der Waals surface area contributed by atoms with Gasteiger partial charge in [-0.3, -0.25) is 4.79 Å². The van der Waals surface area contributed by atoms with Gasteiger partial charge >= 0.3 is 0 Å². The van der Waals surface area contributed by atoms with Crippen LogP contribution in [0.4, 0.5) is 10.1 Å². The minimum atomic E-state index is -0.616. The molecule has 0 bridgehead atoms. The van der Waals surface area contributed by atoms with E-state index in [1.807, 2.05) is 30.3 Å². The fraction of sp³-hybridized carbons (Fsp3) is 0.273. The third-order valence-corrected chi connectivity index (χ3v) is 5.04. The van der Waals surface area contributed by atoms with Crippen molar-refractivity contribution in [1.82, 2.24) is 4.98 Å². The molecule has 5 heteroatoms. The molecule has 1 N–H and O–H groups in total. The highest BCUT2D eigenvalue weighted by Crippen LogP contribution is 2.49. The molecule has 2 aromatic carbocycles. The van der Waals surface area contributed by atoms with Gasteiger partial charge in [0.2, 0.25) is 11.8 Å². The number of hydrogen-bond donors (Lipinski definition) is 1. The van der Waals surface area contributed by atoms with E-state index in [1.165, 1.54) is 12.1 Å². The molecule has 4 rings (SSSR count). The van der Waals surface area contributed by atoms with Crippen molar-refractivity contribution in [3.05, 3.63) is 71.9 Å². The summed E-state index contributed by atoms with van der Waals surface area (Å²) in [5.74, 6) is 1.27. The van der Waals surface area contributed by atoms with Gasteiger partial charge in [-0.2, -0.15) is 0 Å². The van der Waals surface area contributed by atoms with Crippen molar-refractivity contribution >= 4 is 11.6 Å². The third-order valence-electron chi connectivity index (χ3n) is 5.04. The van der Waals surface area contributed by atoms with Crippen LogP contribution in [-0.2, 0) is 10.2 Å². The van der Waals surface area contributed by atoms with Crippen LogP contribution < -0.4 is 5.32 Å². The van der Waals surface area contributed by atoms with Crippen molar-refractivity contribution in [2.75, 3.05) is 5.32 Å². The van der Waals surface area contributed by atoms with Crippen LogP contribution in [0.15, 0.2) is 59.1 Å². The standard InChI is InChI=1S/C22H21FN2O2/c1-14(2)19-13-24-20(27-19)15-6-8-18(9-7-15)25-21(26)22(10-11-22)16-4-3-5-17(23)12-16/h3-9,12-14H,10-11H2,1-2H3,(H,25,26). The van der Waals surface area contributed by atoms with Crippen LogP contribution in [0.5, 0.6) is 0 Å². The summed E-state index contributed by atoms with van der Waals surface area (Å²) in [6, 6.07) is 13.7. The molecule has 1 amide bonds. The molecule has 0 atom stereocenters. The molecule has 138 valence electrons. The summed E-state index contributed by atoms with van der Waals surface area (Å²) >= 11 is 0. The topological polar surface area (TPSA) is 55.1 Å². The van der Waals surface area contributed by atoms with E-state index in [0.717, 1.165) is 29.7 Å². The molecular formula is C22H21FN2O2. The zero-order chi connectivity index (χ0) is 19.0. The first-order chi connectivity index (χ1) is 13.0. The monoisotopic (exact) mass is 364 g/mol. The van der Waals surface area contributed by atoms with Gasteiger partial charge in [-0.25, -0.2) is 9.37 Å². The van der Waals surface area contributed by atoms with Gasteiger partial charge in [-0.15, -0.1) is 0 Å². The number of oxazole rings is 1. The minimum absolute atomic E-state index is 0.0981. The van der Waals surface area contributed by atoms with Crippen molar-refractivity contribution in [1.29, 1.82) is 0 Å². The van der Waals surface area contributed by atoms with E-state index in [2.05, 4.69) is 24.1 Å². The molecule has 4 nitrogen and oxygen atoms in total. The van der Waals surface area contributed by atoms with Gasteiger partial charge in [0.1, 0.15) is 11.6 Å². The van der Waals surface area contributed by atoms with Crippen molar-refractivity contribution in [2.45, 2.75) is 38.0 Å². The zero-order valence-electron chi connectivity index (χ0n) is 15.3. The third kappa shape index (κ3) is 3.37. The molecule has 0 aliphatic heterocycles. The quantitative estimate of drug-likeness (QED) is 0.670. The summed E-state index contributed by atoms with van der Waals surface area (Å²) in [6.45, 7) is 4.10. The molecule has 1 aliphatic carbocycles. The van der Waals surface area contributed by atoms with Crippen LogP contribution in [0.2, 0.25) is 0 Å². The molecule has 1 saturated carbocycles. The number of nitrogens with zero attached hydrogens (tertiary/aromatic N) is 1. The largest absolute Gasteiger partial charge is 0.441 e. The highest BCUT2D eigenvalue weighted by atomic mass is 19.1. The second-order valence-corrected chi connectivity index (χ2v) is 7.35. The van der Waals surface area contributed by atoms with Crippen molar-refractivity contribution in [2.24, 2.45) is 0 Å². The summed E-state index contributed by atoms with van der Waals surface area (Å²) < 4.78 is 19.3. The Hall–Kier alpha value is -2.95. The predicted octanol–water partition coefficient (Wildman–Crippen LogP) is 5.27. The summed E-state index contributed by atoms with van der Waals surface area (Å²) in [5, 5.41) is 2.95. The van der Waals surface area contributed by atoms with Crippen molar-refractivity contribution < 1.29 is 13.6 Å². The molecule has 0 unspecified atom stereocenters. The van der Waals surface area contributed by atoms with Crippen LogP contribution in [0, 0.1) is 5.82 Å². The maximum Gasteiger partial charge on any atom is 0.235 e. The Morgan fingerprint density at radius 2 is 1.93 bits per heavy atom. The van der Waals surface area contributed by atoms with Crippen LogP contribution in [0.25, 0.3) is 11.5 Å². The van der Waals surface area contributed by atoms with E-state index in [-0.39, 0.29) is 17.6 Å². The Bertz CT molecular complexity index is 972. The smallest absolute Gasteiger partial charge is 0.235 e. The SMILES string of the molecule is CC(C)c1cnc(-c2ccc(NC(=O)C3(c4cccc(F)c4)CC3)cc2)o1. The Kier molecular flexibility index (Phi) is 4.30. The minimum Gasteiger partial charge on any atom is -0.441 e. The number of rotatable bonds is 5. The van der Waals surface area contributed by atoms with Crippen LogP contribution in [-0.4, -0.2) is 10.9 Å². The normalized spacial score (nSPS) is 15.0. The van der Waals surface area contributed by atoms with Crippen molar-refractivity contribution in [3.8, 4) is 11.5 Å². The molecule has 0 spiro atoms. The fourth-order valence-corrected chi connectivity index (χ4v) is 3.19. The Labute approximate surface area is 157 Å². The predicted molar refractivity (Wildman–Crippen MR) is 102 cm³/mol. The number of nitrogens with one attached hydrogen (secondary N) is 1. The molecule has 0 radical (unpaired) electrons. The average Bonchev–Trinajstić information content (AvgIpc) is 3.32. The Morgan fingerprint density at radius 3 is 2.52 bits per heavy atom. The second-order valence-electron chi connectivity index (χ2n) is 7.35. The maximum atomic E-state index is 13.5. The summed E-state index contributed by atoms with van der Waals surface area (Å²) in [6.07, 6.45) is 3.20. The van der Waals surface area contributed by atoms with Gasteiger partial charge in [-0.05, 0) is 54.8 Å². The first-order valence-electron chi connectivity index (χ1n) is 9.12. The number of halogens is 1. The molecular weight excluding hydrogens is 343 g/mol. The van der Waals surface area contributed by atoms with Gasteiger partial charge in [0, 0.05) is 17.2 Å². The van der Waals surface area contributed by atoms with Gasteiger partial charge in [0.25, 0.3) is 0 Å². The molecule has 1 aliphatic rings. The zero-order valence-corrected chi connectivity index (χ0v) is 15.3. The van der Waals surface area contributed by atoms with Gasteiger partial charge in [0.15, 0.2) is 0 Å². The first-order valence-corrected chi connectivity index (χ1v) is 9.12. The number of aromatic nitrogens is 1. The van der Waals surface area contributed by atoms with Gasteiger partial charge in [0.05, 0.1) is 11.6 Å². The lowest BCUT2D eigenvalue weighted by atomic mass is 9.95. The highest BCUT2D eigenvalue weighted by Gasteiger charge is 2.51. The Balaban J connectivity index is 1.49. The van der Waals surface area contributed by atoms with E-state index in [0.29, 0.717) is 11.6 Å². The Morgan fingerprint density at radius 1 is 1.19 bits per heavy atom.